The second-order valence-electron chi connectivity index (χ2n) is 9.74. The fraction of sp³-hybridized carbons (Fsp3) is 0.310. The molecule has 200 valence electrons. The minimum Gasteiger partial charge on any atom is -0.378 e. The van der Waals surface area contributed by atoms with Crippen LogP contribution in [-0.2, 0) is 4.74 Å². The van der Waals surface area contributed by atoms with Gasteiger partial charge in [-0.05, 0) is 67.9 Å². The van der Waals surface area contributed by atoms with Gasteiger partial charge in [-0.25, -0.2) is 9.97 Å². The van der Waals surface area contributed by atoms with Crippen LogP contribution < -0.4 is 20.9 Å². The summed E-state index contributed by atoms with van der Waals surface area (Å²) in [6.07, 6.45) is 3.53. The second kappa shape index (κ2) is 11.6. The molecule has 4 aromatic rings. The first kappa shape index (κ1) is 25.7. The summed E-state index contributed by atoms with van der Waals surface area (Å²) in [4.78, 5) is 29.8. The van der Waals surface area contributed by atoms with E-state index in [4.69, 9.17) is 9.72 Å². The van der Waals surface area contributed by atoms with Crippen LogP contribution in [-0.4, -0.2) is 66.3 Å². The zero-order valence-corrected chi connectivity index (χ0v) is 23.1. The van der Waals surface area contributed by atoms with Crippen molar-refractivity contribution in [2.75, 3.05) is 49.6 Å². The Kier molecular flexibility index (Phi) is 7.67. The SMILES string of the molecule is O=C(NC1CCNCC1)c1nc2nc(Nc3ccc(N4CCOCC4)cc3)ncc2cc1-c1ccccc1Br. The number of rotatable bonds is 6. The lowest BCUT2D eigenvalue weighted by Crippen LogP contribution is -2.43. The quantitative estimate of drug-likeness (QED) is 0.302. The number of ether oxygens (including phenoxy) is 1. The third-order valence-corrected chi connectivity index (χ3v) is 7.81. The van der Waals surface area contributed by atoms with E-state index >= 15 is 0 Å². The minimum absolute atomic E-state index is 0.117. The normalized spacial score (nSPS) is 16.3. The number of morpholine rings is 1. The van der Waals surface area contributed by atoms with Crippen LogP contribution in [0.1, 0.15) is 23.3 Å². The van der Waals surface area contributed by atoms with E-state index in [1.54, 1.807) is 6.20 Å². The highest BCUT2D eigenvalue weighted by atomic mass is 79.9. The van der Waals surface area contributed by atoms with Crippen molar-refractivity contribution in [2.24, 2.45) is 0 Å². The van der Waals surface area contributed by atoms with Crippen LogP contribution in [0.25, 0.3) is 22.2 Å². The molecule has 0 atom stereocenters. The average molecular weight is 589 g/mol. The predicted molar refractivity (Wildman–Crippen MR) is 157 cm³/mol. The first-order valence-corrected chi connectivity index (χ1v) is 14.1. The molecular formula is C29H30BrN7O2. The standard InChI is InChI=1S/C29H30BrN7O2/c30-25-4-2-1-3-23(25)24-17-19-18-32-29(34-20-5-7-22(8-6-20)37-13-15-39-16-14-37)36-27(19)35-26(24)28(38)33-21-9-11-31-12-10-21/h1-8,17-18,21,31H,9-16H2,(H,33,38)(H,32,34,35,36). The molecule has 0 radical (unpaired) electrons. The third kappa shape index (κ3) is 5.88. The molecule has 0 bridgehead atoms. The molecule has 2 aromatic heterocycles. The molecule has 0 aliphatic carbocycles. The average Bonchev–Trinajstić information content (AvgIpc) is 2.98. The number of nitrogens with zero attached hydrogens (tertiary/aromatic N) is 4. The number of amides is 1. The zero-order chi connectivity index (χ0) is 26.6. The van der Waals surface area contributed by atoms with Gasteiger partial charge < -0.3 is 25.6 Å². The van der Waals surface area contributed by atoms with Gasteiger partial charge in [-0.3, -0.25) is 4.79 Å². The third-order valence-electron chi connectivity index (χ3n) is 7.12. The van der Waals surface area contributed by atoms with Gasteiger partial charge in [0.25, 0.3) is 5.91 Å². The summed E-state index contributed by atoms with van der Waals surface area (Å²) >= 11 is 3.64. The Morgan fingerprint density at radius 2 is 1.77 bits per heavy atom. The molecule has 2 aromatic carbocycles. The zero-order valence-electron chi connectivity index (χ0n) is 21.5. The molecule has 6 rings (SSSR count). The predicted octanol–water partition coefficient (Wildman–Crippen LogP) is 4.52. The van der Waals surface area contributed by atoms with Gasteiger partial charge in [0.2, 0.25) is 5.95 Å². The molecule has 3 N–H and O–H groups in total. The maximum Gasteiger partial charge on any atom is 0.270 e. The highest BCUT2D eigenvalue weighted by Gasteiger charge is 2.22. The fourth-order valence-corrected chi connectivity index (χ4v) is 5.51. The first-order valence-electron chi connectivity index (χ1n) is 13.3. The van der Waals surface area contributed by atoms with E-state index in [-0.39, 0.29) is 11.9 Å². The van der Waals surface area contributed by atoms with Crippen LogP contribution in [0.4, 0.5) is 17.3 Å². The summed E-state index contributed by atoms with van der Waals surface area (Å²) in [6, 6.07) is 18.1. The number of carbonyl (C=O) groups is 1. The number of hydrogen-bond donors (Lipinski definition) is 3. The van der Waals surface area contributed by atoms with Crippen LogP contribution in [0.2, 0.25) is 0 Å². The number of carbonyl (C=O) groups excluding carboxylic acids is 1. The Morgan fingerprint density at radius 1 is 1.00 bits per heavy atom. The largest absolute Gasteiger partial charge is 0.378 e. The minimum atomic E-state index is -0.193. The Morgan fingerprint density at radius 3 is 2.54 bits per heavy atom. The number of anilines is 3. The van der Waals surface area contributed by atoms with Crippen LogP contribution in [0.15, 0.2) is 65.3 Å². The fourth-order valence-electron chi connectivity index (χ4n) is 5.01. The van der Waals surface area contributed by atoms with Gasteiger partial charge >= 0.3 is 0 Å². The van der Waals surface area contributed by atoms with Crippen molar-refractivity contribution in [1.82, 2.24) is 25.6 Å². The Bertz CT molecular complexity index is 1470. The number of piperidine rings is 1. The second-order valence-corrected chi connectivity index (χ2v) is 10.6. The van der Waals surface area contributed by atoms with E-state index in [9.17, 15) is 4.79 Å². The number of halogens is 1. The maximum atomic E-state index is 13.5. The summed E-state index contributed by atoms with van der Waals surface area (Å²) in [7, 11) is 0. The Labute approximate surface area is 235 Å². The molecule has 10 heteroatoms. The molecule has 0 unspecified atom stereocenters. The number of benzene rings is 2. The highest BCUT2D eigenvalue weighted by molar-refractivity contribution is 9.10. The monoisotopic (exact) mass is 587 g/mol. The van der Waals surface area contributed by atoms with Gasteiger partial charge in [0, 0.05) is 52.1 Å². The number of fused-ring (bicyclic) bond motifs is 1. The number of pyridine rings is 1. The van der Waals surface area contributed by atoms with E-state index in [0.29, 0.717) is 17.3 Å². The van der Waals surface area contributed by atoms with Gasteiger partial charge in [0.1, 0.15) is 5.69 Å². The van der Waals surface area contributed by atoms with Crippen molar-refractivity contribution in [3.63, 3.8) is 0 Å². The molecule has 2 aliphatic heterocycles. The molecule has 2 aliphatic rings. The number of hydrogen-bond acceptors (Lipinski definition) is 8. The summed E-state index contributed by atoms with van der Waals surface area (Å²) in [5, 5.41) is 10.6. The summed E-state index contributed by atoms with van der Waals surface area (Å²) in [5.74, 6) is 0.230. The van der Waals surface area contributed by atoms with Crippen molar-refractivity contribution in [3.05, 3.63) is 71.0 Å². The molecule has 1 amide bonds. The van der Waals surface area contributed by atoms with Crippen molar-refractivity contribution in [1.29, 1.82) is 0 Å². The molecule has 0 spiro atoms. The van der Waals surface area contributed by atoms with Crippen LogP contribution in [0.5, 0.6) is 0 Å². The van der Waals surface area contributed by atoms with Gasteiger partial charge in [-0.2, -0.15) is 4.98 Å². The molecule has 39 heavy (non-hydrogen) atoms. The van der Waals surface area contributed by atoms with E-state index in [1.807, 2.05) is 42.5 Å². The van der Waals surface area contributed by atoms with Gasteiger partial charge in [-0.15, -0.1) is 0 Å². The molecule has 9 nitrogen and oxygen atoms in total. The van der Waals surface area contributed by atoms with Crippen molar-refractivity contribution >= 4 is 50.2 Å². The lowest BCUT2D eigenvalue weighted by Gasteiger charge is -2.28. The maximum absolute atomic E-state index is 13.5. The van der Waals surface area contributed by atoms with Crippen molar-refractivity contribution in [3.8, 4) is 11.1 Å². The lowest BCUT2D eigenvalue weighted by atomic mass is 10.0. The molecule has 0 saturated carbocycles. The van der Waals surface area contributed by atoms with Crippen LogP contribution in [0.3, 0.4) is 0 Å². The van der Waals surface area contributed by atoms with Crippen LogP contribution >= 0.6 is 15.9 Å². The molecule has 2 saturated heterocycles. The first-order chi connectivity index (χ1) is 19.1. The topological polar surface area (TPSA) is 104 Å². The molecule has 2 fully saturated rings. The summed E-state index contributed by atoms with van der Waals surface area (Å²) < 4.78 is 6.34. The van der Waals surface area contributed by atoms with Crippen molar-refractivity contribution in [2.45, 2.75) is 18.9 Å². The van der Waals surface area contributed by atoms with Gasteiger partial charge in [0.05, 0.1) is 13.2 Å². The Balaban J connectivity index is 1.30. The number of nitrogens with one attached hydrogen (secondary N) is 3. The van der Waals surface area contributed by atoms with Crippen molar-refractivity contribution < 1.29 is 9.53 Å². The lowest BCUT2D eigenvalue weighted by molar-refractivity contribution is 0.0925. The number of aromatic nitrogens is 3. The Hall–Kier alpha value is -3.60. The molecular weight excluding hydrogens is 558 g/mol. The van der Waals surface area contributed by atoms with Gasteiger partial charge in [-0.1, -0.05) is 34.1 Å². The highest BCUT2D eigenvalue weighted by Crippen LogP contribution is 2.32. The van der Waals surface area contributed by atoms with E-state index in [1.165, 1.54) is 0 Å². The smallest absolute Gasteiger partial charge is 0.270 e. The van der Waals surface area contributed by atoms with Gasteiger partial charge in [0.15, 0.2) is 5.65 Å². The van der Waals surface area contributed by atoms with Crippen LogP contribution in [0, 0.1) is 0 Å². The van der Waals surface area contributed by atoms with E-state index in [0.717, 1.165) is 84.6 Å². The summed E-state index contributed by atoms with van der Waals surface area (Å²) in [5.41, 5.74) is 4.49. The van der Waals surface area contributed by atoms with E-state index in [2.05, 4.69) is 58.9 Å². The van der Waals surface area contributed by atoms with E-state index < -0.39 is 0 Å². The molecule has 4 heterocycles. The summed E-state index contributed by atoms with van der Waals surface area (Å²) in [6.45, 7) is 5.06.